The second-order valence-corrected chi connectivity index (χ2v) is 8.83. The van der Waals surface area contributed by atoms with Crippen molar-refractivity contribution >= 4 is 25.8 Å². The van der Waals surface area contributed by atoms with Crippen molar-refractivity contribution in [3.8, 4) is 5.75 Å². The Labute approximate surface area is 127 Å². The van der Waals surface area contributed by atoms with E-state index in [4.69, 9.17) is 10.5 Å². The lowest BCUT2D eigenvalue weighted by molar-refractivity contribution is 0.228. The maximum Gasteiger partial charge on any atom is 0.157 e. The Kier molecular flexibility index (Phi) is 3.59. The van der Waals surface area contributed by atoms with Gasteiger partial charge in [-0.1, -0.05) is 18.9 Å². The van der Waals surface area contributed by atoms with Crippen LogP contribution in [0.4, 0.5) is 0 Å². The summed E-state index contributed by atoms with van der Waals surface area (Å²) in [7, 11) is -2.85. The first-order valence-corrected chi connectivity index (χ1v) is 9.45. The van der Waals surface area contributed by atoms with Crippen LogP contribution in [0.25, 0.3) is 0 Å². The minimum Gasteiger partial charge on any atom is -0.487 e. The number of hydrogen-bond donors (Lipinski definition) is 1. The third-order valence-electron chi connectivity index (χ3n) is 4.18. The first kappa shape index (κ1) is 14.4. The Morgan fingerprint density at radius 2 is 1.90 bits per heavy atom. The SMILES string of the molecule is NC1(c2ccc(OC3CS(=O)(=O)C3)c(Br)c2)CCCC1. The molecule has 0 bridgehead atoms. The van der Waals surface area contributed by atoms with E-state index in [2.05, 4.69) is 15.9 Å². The lowest BCUT2D eigenvalue weighted by Crippen LogP contribution is -2.45. The molecule has 0 unspecified atom stereocenters. The van der Waals surface area contributed by atoms with E-state index >= 15 is 0 Å². The Bertz CT molecular complexity index is 611. The third kappa shape index (κ3) is 2.73. The zero-order valence-electron chi connectivity index (χ0n) is 11.1. The molecule has 1 saturated heterocycles. The molecule has 4 nitrogen and oxygen atoms in total. The van der Waals surface area contributed by atoms with Crippen molar-refractivity contribution < 1.29 is 13.2 Å². The summed E-state index contributed by atoms with van der Waals surface area (Å²) in [6.45, 7) is 0. The number of hydrogen-bond acceptors (Lipinski definition) is 4. The van der Waals surface area contributed by atoms with Crippen LogP contribution in [0.5, 0.6) is 5.75 Å². The zero-order chi connectivity index (χ0) is 14.4. The van der Waals surface area contributed by atoms with Gasteiger partial charge in [-0.05, 0) is 46.5 Å². The highest BCUT2D eigenvalue weighted by molar-refractivity contribution is 9.10. The summed E-state index contributed by atoms with van der Waals surface area (Å²) < 4.78 is 28.8. The number of ether oxygens (including phenoxy) is 1. The summed E-state index contributed by atoms with van der Waals surface area (Å²) in [5.74, 6) is 0.916. The van der Waals surface area contributed by atoms with Crippen molar-refractivity contribution in [2.75, 3.05) is 11.5 Å². The highest BCUT2D eigenvalue weighted by atomic mass is 79.9. The summed E-state index contributed by atoms with van der Waals surface area (Å²) in [5.41, 5.74) is 7.33. The fourth-order valence-electron chi connectivity index (χ4n) is 2.97. The molecule has 2 aliphatic rings. The maximum atomic E-state index is 11.1. The number of sulfone groups is 1. The van der Waals surface area contributed by atoms with E-state index in [0.717, 1.165) is 22.9 Å². The predicted molar refractivity (Wildman–Crippen MR) is 81.5 cm³/mol. The van der Waals surface area contributed by atoms with Crippen molar-refractivity contribution in [3.05, 3.63) is 28.2 Å². The molecule has 1 aromatic rings. The van der Waals surface area contributed by atoms with Crippen molar-refractivity contribution in [1.29, 1.82) is 0 Å². The molecule has 0 spiro atoms. The highest BCUT2D eigenvalue weighted by Gasteiger charge is 2.36. The van der Waals surface area contributed by atoms with E-state index in [1.54, 1.807) is 0 Å². The van der Waals surface area contributed by atoms with Gasteiger partial charge in [-0.3, -0.25) is 0 Å². The van der Waals surface area contributed by atoms with Gasteiger partial charge in [-0.25, -0.2) is 8.42 Å². The standard InChI is InChI=1S/C14H18BrNO3S/c15-12-7-10(14(16)5-1-2-6-14)3-4-13(12)19-11-8-20(17,18)9-11/h3-4,7,11H,1-2,5-6,8-9,16H2. The van der Waals surface area contributed by atoms with Crippen LogP contribution in [-0.2, 0) is 15.4 Å². The molecule has 2 fully saturated rings. The molecule has 20 heavy (non-hydrogen) atoms. The minimum absolute atomic E-state index is 0.113. The number of halogens is 1. The van der Waals surface area contributed by atoms with Crippen molar-refractivity contribution in [2.24, 2.45) is 5.73 Å². The van der Waals surface area contributed by atoms with Gasteiger partial charge in [0.2, 0.25) is 0 Å². The fourth-order valence-corrected chi connectivity index (χ4v) is 4.61. The van der Waals surface area contributed by atoms with Crippen LogP contribution in [0, 0.1) is 0 Å². The normalized spacial score (nSPS) is 24.3. The monoisotopic (exact) mass is 359 g/mol. The molecule has 1 aliphatic heterocycles. The average Bonchev–Trinajstić information content (AvgIpc) is 2.77. The molecular formula is C14H18BrNO3S. The predicted octanol–water partition coefficient (Wildman–Crippen LogP) is 2.35. The summed E-state index contributed by atoms with van der Waals surface area (Å²) in [4.78, 5) is 0. The topological polar surface area (TPSA) is 69.4 Å². The highest BCUT2D eigenvalue weighted by Crippen LogP contribution is 2.39. The van der Waals surface area contributed by atoms with E-state index in [-0.39, 0.29) is 23.1 Å². The first-order valence-electron chi connectivity index (χ1n) is 6.84. The molecule has 3 rings (SSSR count). The van der Waals surface area contributed by atoms with Gasteiger partial charge >= 0.3 is 0 Å². The summed E-state index contributed by atoms with van der Waals surface area (Å²) in [6, 6.07) is 5.89. The molecule has 6 heteroatoms. The van der Waals surface area contributed by atoms with Crippen LogP contribution in [0.1, 0.15) is 31.2 Å². The van der Waals surface area contributed by atoms with E-state index in [0.29, 0.717) is 5.75 Å². The van der Waals surface area contributed by atoms with Gasteiger partial charge < -0.3 is 10.5 Å². The second kappa shape index (κ2) is 5.00. The Morgan fingerprint density at radius 3 is 2.45 bits per heavy atom. The molecule has 0 radical (unpaired) electrons. The fraction of sp³-hybridized carbons (Fsp3) is 0.571. The van der Waals surface area contributed by atoms with Gasteiger partial charge in [0.25, 0.3) is 0 Å². The maximum absolute atomic E-state index is 11.1. The van der Waals surface area contributed by atoms with Crippen LogP contribution in [0.15, 0.2) is 22.7 Å². The number of benzene rings is 1. The quantitative estimate of drug-likeness (QED) is 0.899. The molecule has 0 atom stereocenters. The third-order valence-corrected chi connectivity index (χ3v) is 6.55. The van der Waals surface area contributed by atoms with Gasteiger partial charge in [0.05, 0.1) is 16.0 Å². The minimum atomic E-state index is -2.85. The van der Waals surface area contributed by atoms with Crippen LogP contribution in [0.2, 0.25) is 0 Å². The Hall–Kier alpha value is -0.590. The van der Waals surface area contributed by atoms with Crippen molar-refractivity contribution in [3.63, 3.8) is 0 Å². The van der Waals surface area contributed by atoms with Gasteiger partial charge in [0.1, 0.15) is 11.9 Å². The van der Waals surface area contributed by atoms with E-state index in [9.17, 15) is 8.42 Å². The number of rotatable bonds is 3. The summed E-state index contributed by atoms with van der Waals surface area (Å²) >= 11 is 3.50. The molecular weight excluding hydrogens is 342 g/mol. The number of nitrogens with two attached hydrogens (primary N) is 1. The lowest BCUT2D eigenvalue weighted by Gasteiger charge is -2.28. The zero-order valence-corrected chi connectivity index (χ0v) is 13.5. The molecule has 1 aliphatic carbocycles. The van der Waals surface area contributed by atoms with Crippen molar-refractivity contribution in [2.45, 2.75) is 37.3 Å². The van der Waals surface area contributed by atoms with E-state index in [1.165, 1.54) is 12.8 Å². The Morgan fingerprint density at radius 1 is 1.25 bits per heavy atom. The molecule has 0 amide bonds. The first-order chi connectivity index (χ1) is 9.38. The molecule has 0 aromatic heterocycles. The van der Waals surface area contributed by atoms with Crippen LogP contribution < -0.4 is 10.5 Å². The molecule has 110 valence electrons. The molecule has 1 heterocycles. The summed E-state index contributed by atoms with van der Waals surface area (Å²) in [6.07, 6.45) is 4.15. The average molecular weight is 360 g/mol. The van der Waals surface area contributed by atoms with Crippen molar-refractivity contribution in [1.82, 2.24) is 0 Å². The smallest absolute Gasteiger partial charge is 0.157 e. The lowest BCUT2D eigenvalue weighted by atomic mass is 9.89. The molecule has 2 N–H and O–H groups in total. The summed E-state index contributed by atoms with van der Waals surface area (Å²) in [5, 5.41) is 0. The van der Waals surface area contributed by atoms with Crippen LogP contribution in [-0.4, -0.2) is 26.0 Å². The largest absolute Gasteiger partial charge is 0.487 e. The molecule has 1 aromatic carbocycles. The van der Waals surface area contributed by atoms with E-state index < -0.39 is 9.84 Å². The van der Waals surface area contributed by atoms with Crippen LogP contribution >= 0.6 is 15.9 Å². The second-order valence-electron chi connectivity index (χ2n) is 5.83. The van der Waals surface area contributed by atoms with Crippen LogP contribution in [0.3, 0.4) is 0 Å². The Balaban J connectivity index is 1.75. The van der Waals surface area contributed by atoms with E-state index in [1.807, 2.05) is 18.2 Å². The van der Waals surface area contributed by atoms with Gasteiger partial charge in [-0.15, -0.1) is 0 Å². The van der Waals surface area contributed by atoms with Gasteiger partial charge in [0, 0.05) is 5.54 Å². The van der Waals surface area contributed by atoms with Gasteiger partial charge in [-0.2, -0.15) is 0 Å². The molecule has 1 saturated carbocycles. The van der Waals surface area contributed by atoms with Gasteiger partial charge in [0.15, 0.2) is 9.84 Å².